The predicted molar refractivity (Wildman–Crippen MR) is 115 cm³/mol. The number of amides is 1. The number of carbonyl (C=O) groups excluding carboxylic acids is 1. The molecule has 11 heteroatoms. The van der Waals surface area contributed by atoms with Gasteiger partial charge in [0.1, 0.15) is 23.3 Å². The number of nitrogens with zero attached hydrogens (tertiary/aromatic N) is 6. The van der Waals surface area contributed by atoms with Crippen LogP contribution in [0, 0.1) is 36.8 Å². The van der Waals surface area contributed by atoms with Crippen LogP contribution in [-0.2, 0) is 7.05 Å². The van der Waals surface area contributed by atoms with Gasteiger partial charge in [-0.3, -0.25) is 9.48 Å². The standard InChI is InChI=1S/C23H19F2N7O2/c1-12-21(13(2)32(3)30-12)16(18-6-4-5-15(9-26)29-18)11-28-23(33)19-8-20(34-31-19)22-17(25)7-14(24)10-27-22/h4-8,10,16H,11H2,1-3H3,(H,28,33). The van der Waals surface area contributed by atoms with Gasteiger partial charge in [-0.25, -0.2) is 18.7 Å². The summed E-state index contributed by atoms with van der Waals surface area (Å²) < 4.78 is 33.9. The molecule has 0 aliphatic rings. The monoisotopic (exact) mass is 463 g/mol. The number of carbonyl (C=O) groups is 1. The Hall–Kier alpha value is -4.46. The topological polar surface area (TPSA) is 123 Å². The molecular formula is C23H19F2N7O2. The molecule has 1 amide bonds. The maximum Gasteiger partial charge on any atom is 0.273 e. The minimum atomic E-state index is -0.936. The number of aryl methyl sites for hydroxylation is 2. The first-order valence-electron chi connectivity index (χ1n) is 10.2. The first-order chi connectivity index (χ1) is 16.3. The van der Waals surface area contributed by atoms with Crippen molar-refractivity contribution in [2.24, 2.45) is 7.05 Å². The fourth-order valence-corrected chi connectivity index (χ4v) is 3.73. The summed E-state index contributed by atoms with van der Waals surface area (Å²) in [5.74, 6) is -2.85. The summed E-state index contributed by atoms with van der Waals surface area (Å²) in [6.07, 6.45) is 0.839. The van der Waals surface area contributed by atoms with Crippen LogP contribution in [0.1, 0.15) is 44.7 Å². The number of hydrogen-bond donors (Lipinski definition) is 1. The highest BCUT2D eigenvalue weighted by atomic mass is 19.1. The van der Waals surface area contributed by atoms with Crippen LogP contribution < -0.4 is 5.32 Å². The lowest BCUT2D eigenvalue weighted by Crippen LogP contribution is -2.30. The van der Waals surface area contributed by atoms with Gasteiger partial charge in [0.05, 0.1) is 17.6 Å². The van der Waals surface area contributed by atoms with Crippen molar-refractivity contribution >= 4 is 5.91 Å². The Morgan fingerprint density at radius 2 is 2.09 bits per heavy atom. The number of halogens is 2. The lowest BCUT2D eigenvalue weighted by molar-refractivity contribution is 0.0943. The van der Waals surface area contributed by atoms with Gasteiger partial charge in [-0.2, -0.15) is 10.4 Å². The number of aromatic nitrogens is 5. The molecule has 0 saturated carbocycles. The molecule has 172 valence electrons. The largest absolute Gasteiger partial charge is 0.354 e. The minimum absolute atomic E-state index is 0.0994. The lowest BCUT2D eigenvalue weighted by Gasteiger charge is -2.18. The molecule has 0 spiro atoms. The Morgan fingerprint density at radius 3 is 2.76 bits per heavy atom. The molecule has 1 unspecified atom stereocenters. The molecule has 4 aromatic rings. The van der Waals surface area contributed by atoms with Crippen molar-refractivity contribution in [3.63, 3.8) is 0 Å². The average Bonchev–Trinajstić information content (AvgIpc) is 3.39. The van der Waals surface area contributed by atoms with Gasteiger partial charge >= 0.3 is 0 Å². The van der Waals surface area contributed by atoms with Gasteiger partial charge in [0.15, 0.2) is 17.3 Å². The van der Waals surface area contributed by atoms with Gasteiger partial charge in [-0.05, 0) is 26.0 Å². The second-order valence-electron chi connectivity index (χ2n) is 7.59. The Labute approximate surface area is 193 Å². The number of nitrogens with one attached hydrogen (secondary N) is 1. The molecular weight excluding hydrogens is 444 g/mol. The second-order valence-corrected chi connectivity index (χ2v) is 7.59. The van der Waals surface area contributed by atoms with E-state index in [1.165, 1.54) is 6.07 Å². The number of pyridine rings is 2. The molecule has 34 heavy (non-hydrogen) atoms. The number of nitriles is 1. The molecule has 0 radical (unpaired) electrons. The van der Waals surface area contributed by atoms with Crippen LogP contribution >= 0.6 is 0 Å². The summed E-state index contributed by atoms with van der Waals surface area (Å²) in [6.45, 7) is 3.89. The third-order valence-electron chi connectivity index (χ3n) is 5.41. The van der Waals surface area contributed by atoms with Crippen LogP contribution in [0.3, 0.4) is 0 Å². The predicted octanol–water partition coefficient (Wildman–Crippen LogP) is 3.19. The van der Waals surface area contributed by atoms with Crippen molar-refractivity contribution in [3.05, 3.63) is 82.2 Å². The SMILES string of the molecule is Cc1nn(C)c(C)c1C(CNC(=O)c1cc(-c2ncc(F)cc2F)on1)c1cccc(C#N)n1. The Balaban J connectivity index is 1.60. The molecule has 0 bridgehead atoms. The quantitative estimate of drug-likeness (QED) is 0.466. The van der Waals surface area contributed by atoms with Crippen molar-refractivity contribution in [3.8, 4) is 17.5 Å². The third kappa shape index (κ3) is 4.38. The maximum absolute atomic E-state index is 14.0. The van der Waals surface area contributed by atoms with Crippen LogP contribution in [0.5, 0.6) is 0 Å². The molecule has 0 aromatic carbocycles. The summed E-state index contributed by atoms with van der Waals surface area (Å²) in [5, 5.41) is 20.2. The van der Waals surface area contributed by atoms with Crippen molar-refractivity contribution in [2.75, 3.05) is 6.54 Å². The molecule has 0 aliphatic carbocycles. The molecule has 0 saturated heterocycles. The second kappa shape index (κ2) is 9.19. The zero-order valence-electron chi connectivity index (χ0n) is 18.5. The summed E-state index contributed by atoms with van der Waals surface area (Å²) in [5.41, 5.74) is 3.03. The summed E-state index contributed by atoms with van der Waals surface area (Å²) in [7, 11) is 1.82. The normalized spacial score (nSPS) is 11.8. The van der Waals surface area contributed by atoms with Crippen molar-refractivity contribution in [2.45, 2.75) is 19.8 Å². The van der Waals surface area contributed by atoms with E-state index in [2.05, 4.69) is 25.5 Å². The molecule has 1 N–H and O–H groups in total. The highest BCUT2D eigenvalue weighted by Gasteiger charge is 2.25. The fraction of sp³-hybridized carbons (Fsp3) is 0.217. The smallest absolute Gasteiger partial charge is 0.273 e. The fourth-order valence-electron chi connectivity index (χ4n) is 3.73. The number of rotatable bonds is 6. The van der Waals surface area contributed by atoms with E-state index in [-0.39, 0.29) is 29.4 Å². The molecule has 0 aliphatic heterocycles. The highest BCUT2D eigenvalue weighted by molar-refractivity contribution is 5.93. The van der Waals surface area contributed by atoms with Gasteiger partial charge in [0.25, 0.3) is 5.91 Å². The van der Waals surface area contributed by atoms with Gasteiger partial charge in [0, 0.05) is 42.9 Å². The molecule has 9 nitrogen and oxygen atoms in total. The van der Waals surface area contributed by atoms with Gasteiger partial charge < -0.3 is 9.84 Å². The summed E-state index contributed by atoms with van der Waals surface area (Å²) in [4.78, 5) is 20.9. The maximum atomic E-state index is 14.0. The Morgan fingerprint density at radius 1 is 1.29 bits per heavy atom. The molecule has 1 atom stereocenters. The molecule has 4 rings (SSSR count). The van der Waals surface area contributed by atoms with E-state index in [0.717, 1.165) is 23.1 Å². The zero-order valence-corrected chi connectivity index (χ0v) is 18.5. The van der Waals surface area contributed by atoms with Crippen LogP contribution in [0.25, 0.3) is 11.5 Å². The van der Waals surface area contributed by atoms with Crippen molar-refractivity contribution < 1.29 is 18.1 Å². The zero-order chi connectivity index (χ0) is 24.4. The summed E-state index contributed by atoms with van der Waals surface area (Å²) in [6, 6.07) is 9.02. The summed E-state index contributed by atoms with van der Waals surface area (Å²) >= 11 is 0. The minimum Gasteiger partial charge on any atom is -0.354 e. The third-order valence-corrected chi connectivity index (χ3v) is 5.41. The lowest BCUT2D eigenvalue weighted by atomic mass is 9.93. The van der Waals surface area contributed by atoms with Crippen LogP contribution in [0.2, 0.25) is 0 Å². The van der Waals surface area contributed by atoms with E-state index < -0.39 is 23.5 Å². The van der Waals surface area contributed by atoms with Crippen molar-refractivity contribution in [1.29, 1.82) is 5.26 Å². The first-order valence-corrected chi connectivity index (χ1v) is 10.2. The van der Waals surface area contributed by atoms with Gasteiger partial charge in [0.2, 0.25) is 0 Å². The van der Waals surface area contributed by atoms with Gasteiger partial charge in [-0.15, -0.1) is 0 Å². The van der Waals surface area contributed by atoms with E-state index >= 15 is 0 Å². The van der Waals surface area contributed by atoms with Crippen LogP contribution in [0.4, 0.5) is 8.78 Å². The van der Waals surface area contributed by atoms with E-state index in [9.17, 15) is 18.8 Å². The average molecular weight is 463 g/mol. The first kappa shape index (κ1) is 22.7. The molecule has 0 fully saturated rings. The van der Waals surface area contributed by atoms with E-state index in [0.29, 0.717) is 11.8 Å². The molecule has 4 aromatic heterocycles. The Bertz CT molecular complexity index is 1420. The van der Waals surface area contributed by atoms with Gasteiger partial charge in [-0.1, -0.05) is 11.2 Å². The van der Waals surface area contributed by atoms with E-state index in [1.54, 1.807) is 22.9 Å². The molecule has 4 heterocycles. The Kier molecular flexibility index (Phi) is 6.14. The highest BCUT2D eigenvalue weighted by Crippen LogP contribution is 2.28. The van der Waals surface area contributed by atoms with Crippen molar-refractivity contribution in [1.82, 2.24) is 30.2 Å². The van der Waals surface area contributed by atoms with Crippen LogP contribution in [0.15, 0.2) is 41.1 Å². The van der Waals surface area contributed by atoms with E-state index in [1.807, 2.05) is 27.0 Å². The van der Waals surface area contributed by atoms with Crippen LogP contribution in [-0.4, -0.2) is 37.4 Å². The van der Waals surface area contributed by atoms with E-state index in [4.69, 9.17) is 4.52 Å². The number of hydrogen-bond acceptors (Lipinski definition) is 7.